The normalized spacial score (nSPS) is 15.7. The Hall–Kier alpha value is -1.85. The van der Waals surface area contributed by atoms with Gasteiger partial charge in [-0.05, 0) is 12.1 Å². The number of piperazine rings is 1. The van der Waals surface area contributed by atoms with Crippen molar-refractivity contribution in [3.63, 3.8) is 0 Å². The van der Waals surface area contributed by atoms with Gasteiger partial charge in [0.15, 0.2) is 5.82 Å². The fourth-order valence-electron chi connectivity index (χ4n) is 2.83. The SMILES string of the molecule is CN(CCN1CCN(c2ncncc2Cl)CC1)c1ccccc1. The van der Waals surface area contributed by atoms with Crippen LogP contribution in [0.5, 0.6) is 0 Å². The topological polar surface area (TPSA) is 35.5 Å². The van der Waals surface area contributed by atoms with Crippen molar-refractivity contribution in [3.05, 3.63) is 47.9 Å². The first-order valence-electron chi connectivity index (χ1n) is 7.93. The number of nitrogens with zero attached hydrogens (tertiary/aromatic N) is 5. The Morgan fingerprint density at radius 2 is 1.87 bits per heavy atom. The van der Waals surface area contributed by atoms with Crippen LogP contribution >= 0.6 is 11.6 Å². The van der Waals surface area contributed by atoms with Crippen molar-refractivity contribution in [3.8, 4) is 0 Å². The molecular weight excluding hydrogens is 310 g/mol. The average molecular weight is 332 g/mol. The van der Waals surface area contributed by atoms with Crippen LogP contribution in [0.25, 0.3) is 0 Å². The molecule has 1 aliphatic heterocycles. The molecule has 0 unspecified atom stereocenters. The summed E-state index contributed by atoms with van der Waals surface area (Å²) in [7, 11) is 2.15. The Balaban J connectivity index is 1.47. The monoisotopic (exact) mass is 331 g/mol. The lowest BCUT2D eigenvalue weighted by Gasteiger charge is -2.36. The molecule has 2 aromatic rings. The maximum absolute atomic E-state index is 6.18. The largest absolute Gasteiger partial charge is 0.373 e. The summed E-state index contributed by atoms with van der Waals surface area (Å²) in [6.45, 7) is 6.05. The minimum atomic E-state index is 0.629. The van der Waals surface area contributed by atoms with Gasteiger partial charge in [-0.15, -0.1) is 0 Å². The van der Waals surface area contributed by atoms with E-state index in [9.17, 15) is 0 Å². The lowest BCUT2D eigenvalue weighted by Crippen LogP contribution is -2.48. The number of halogens is 1. The Bertz CT molecular complexity index is 613. The zero-order valence-corrected chi connectivity index (χ0v) is 14.2. The number of aromatic nitrogens is 2. The number of benzene rings is 1. The summed E-state index contributed by atoms with van der Waals surface area (Å²) >= 11 is 6.18. The van der Waals surface area contributed by atoms with Gasteiger partial charge in [0.1, 0.15) is 11.3 Å². The van der Waals surface area contributed by atoms with Gasteiger partial charge in [-0.1, -0.05) is 29.8 Å². The molecule has 1 aromatic heterocycles. The Morgan fingerprint density at radius 1 is 1.13 bits per heavy atom. The van der Waals surface area contributed by atoms with Gasteiger partial charge in [-0.3, -0.25) is 4.90 Å². The van der Waals surface area contributed by atoms with Gasteiger partial charge in [-0.2, -0.15) is 0 Å². The van der Waals surface area contributed by atoms with Crippen LogP contribution in [-0.4, -0.2) is 61.2 Å². The third-order valence-corrected chi connectivity index (χ3v) is 4.54. The van der Waals surface area contributed by atoms with Crippen LogP contribution in [0, 0.1) is 0 Å². The van der Waals surface area contributed by atoms with Gasteiger partial charge < -0.3 is 9.80 Å². The quantitative estimate of drug-likeness (QED) is 0.840. The maximum atomic E-state index is 6.18. The van der Waals surface area contributed by atoms with Crippen molar-refractivity contribution >= 4 is 23.1 Å². The van der Waals surface area contributed by atoms with E-state index in [2.05, 4.69) is 62.0 Å². The highest BCUT2D eigenvalue weighted by Crippen LogP contribution is 2.22. The standard InChI is InChI=1S/C17H22ClN5/c1-21(15-5-3-2-4-6-15)7-8-22-9-11-23(12-10-22)17-16(18)13-19-14-20-17/h2-6,13-14H,7-12H2,1H3. The van der Waals surface area contributed by atoms with Crippen molar-refractivity contribution in [1.82, 2.24) is 14.9 Å². The molecule has 0 saturated carbocycles. The van der Waals surface area contributed by atoms with E-state index in [1.807, 2.05) is 0 Å². The third kappa shape index (κ3) is 4.12. The maximum Gasteiger partial charge on any atom is 0.150 e. The molecular formula is C17H22ClN5. The molecule has 1 fully saturated rings. The molecule has 0 atom stereocenters. The van der Waals surface area contributed by atoms with Gasteiger partial charge in [-0.25, -0.2) is 9.97 Å². The van der Waals surface area contributed by atoms with Crippen molar-refractivity contribution in [1.29, 1.82) is 0 Å². The molecule has 23 heavy (non-hydrogen) atoms. The summed E-state index contributed by atoms with van der Waals surface area (Å²) in [6, 6.07) is 10.5. The van der Waals surface area contributed by atoms with Crippen LogP contribution in [0.3, 0.4) is 0 Å². The van der Waals surface area contributed by atoms with E-state index in [1.165, 1.54) is 5.69 Å². The predicted octanol–water partition coefficient (Wildman–Crippen LogP) is 2.39. The molecule has 1 aromatic carbocycles. The molecule has 6 heteroatoms. The highest BCUT2D eigenvalue weighted by Gasteiger charge is 2.19. The number of hydrogen-bond donors (Lipinski definition) is 0. The summed E-state index contributed by atoms with van der Waals surface area (Å²) in [5, 5.41) is 0.629. The highest BCUT2D eigenvalue weighted by atomic mass is 35.5. The number of likely N-dealkylation sites (N-methyl/N-ethyl adjacent to an activating group) is 1. The van der Waals surface area contributed by atoms with Crippen molar-refractivity contribution in [2.75, 3.05) is 56.1 Å². The van der Waals surface area contributed by atoms with Crippen LogP contribution in [-0.2, 0) is 0 Å². The van der Waals surface area contributed by atoms with E-state index >= 15 is 0 Å². The minimum Gasteiger partial charge on any atom is -0.373 e. The fourth-order valence-corrected chi connectivity index (χ4v) is 3.05. The van der Waals surface area contributed by atoms with Crippen molar-refractivity contribution in [2.45, 2.75) is 0 Å². The molecule has 0 bridgehead atoms. The van der Waals surface area contributed by atoms with E-state index < -0.39 is 0 Å². The molecule has 0 amide bonds. The van der Waals surface area contributed by atoms with Crippen LogP contribution in [0.4, 0.5) is 11.5 Å². The van der Waals surface area contributed by atoms with Gasteiger partial charge in [0.25, 0.3) is 0 Å². The molecule has 5 nitrogen and oxygen atoms in total. The zero-order valence-electron chi connectivity index (χ0n) is 13.4. The molecule has 3 rings (SSSR count). The van der Waals surface area contributed by atoms with Crippen LogP contribution in [0.2, 0.25) is 5.02 Å². The smallest absolute Gasteiger partial charge is 0.150 e. The van der Waals surface area contributed by atoms with Crippen LogP contribution in [0.1, 0.15) is 0 Å². The molecule has 1 aliphatic rings. The number of hydrogen-bond acceptors (Lipinski definition) is 5. The van der Waals surface area contributed by atoms with E-state index in [1.54, 1.807) is 12.5 Å². The van der Waals surface area contributed by atoms with E-state index in [0.29, 0.717) is 5.02 Å². The first-order chi connectivity index (χ1) is 11.2. The molecule has 0 radical (unpaired) electrons. The Kier molecular flexibility index (Phi) is 5.31. The summed E-state index contributed by atoms with van der Waals surface area (Å²) in [4.78, 5) is 15.3. The molecule has 2 heterocycles. The summed E-state index contributed by atoms with van der Waals surface area (Å²) < 4.78 is 0. The minimum absolute atomic E-state index is 0.629. The van der Waals surface area contributed by atoms with E-state index in [4.69, 9.17) is 11.6 Å². The van der Waals surface area contributed by atoms with Crippen LogP contribution in [0.15, 0.2) is 42.9 Å². The van der Waals surface area contributed by atoms with Gasteiger partial charge >= 0.3 is 0 Å². The summed E-state index contributed by atoms with van der Waals surface area (Å²) in [6.07, 6.45) is 3.22. The lowest BCUT2D eigenvalue weighted by molar-refractivity contribution is 0.263. The second-order valence-electron chi connectivity index (χ2n) is 5.78. The second kappa shape index (κ2) is 7.62. The van der Waals surface area contributed by atoms with Crippen molar-refractivity contribution in [2.24, 2.45) is 0 Å². The predicted molar refractivity (Wildman–Crippen MR) is 95.4 cm³/mol. The molecule has 0 spiro atoms. The third-order valence-electron chi connectivity index (χ3n) is 4.27. The first kappa shape index (κ1) is 16.0. The summed E-state index contributed by atoms with van der Waals surface area (Å²) in [5.41, 5.74) is 1.26. The second-order valence-corrected chi connectivity index (χ2v) is 6.19. The Labute approximate surface area is 142 Å². The van der Waals surface area contributed by atoms with Gasteiger partial charge in [0.05, 0.1) is 6.20 Å². The number of rotatable bonds is 5. The Morgan fingerprint density at radius 3 is 2.57 bits per heavy atom. The molecule has 0 N–H and O–H groups in total. The first-order valence-corrected chi connectivity index (χ1v) is 8.31. The summed E-state index contributed by atoms with van der Waals surface area (Å²) in [5.74, 6) is 0.850. The highest BCUT2D eigenvalue weighted by molar-refractivity contribution is 6.32. The zero-order chi connectivity index (χ0) is 16.1. The fraction of sp³-hybridized carbons (Fsp3) is 0.412. The number of para-hydroxylation sites is 1. The van der Waals surface area contributed by atoms with E-state index in [-0.39, 0.29) is 0 Å². The average Bonchev–Trinajstić information content (AvgIpc) is 2.61. The van der Waals surface area contributed by atoms with Gasteiger partial charge in [0, 0.05) is 52.0 Å². The molecule has 0 aliphatic carbocycles. The van der Waals surface area contributed by atoms with Crippen LogP contribution < -0.4 is 9.80 Å². The van der Waals surface area contributed by atoms with E-state index in [0.717, 1.165) is 45.1 Å². The molecule has 1 saturated heterocycles. The molecule has 122 valence electrons. The van der Waals surface area contributed by atoms with Gasteiger partial charge in [0.2, 0.25) is 0 Å². The van der Waals surface area contributed by atoms with Crippen molar-refractivity contribution < 1.29 is 0 Å². The lowest BCUT2D eigenvalue weighted by atomic mass is 10.3. The number of anilines is 2.